The average molecular weight is 511 g/mol. The molecule has 0 aliphatic carbocycles. The number of carbonyl (C=O) groups is 3. The van der Waals surface area contributed by atoms with Crippen molar-refractivity contribution < 1.29 is 28.6 Å². The van der Waals surface area contributed by atoms with Gasteiger partial charge in [0.25, 0.3) is 0 Å². The highest BCUT2D eigenvalue weighted by molar-refractivity contribution is 6.31. The minimum Gasteiger partial charge on any atom is -0.466 e. The summed E-state index contributed by atoms with van der Waals surface area (Å²) in [7, 11) is 3.65. The normalized spacial score (nSPS) is 15.3. The molecule has 0 saturated heterocycles. The van der Waals surface area contributed by atoms with Crippen molar-refractivity contribution in [3.05, 3.63) is 81.8 Å². The largest absolute Gasteiger partial charge is 0.466 e. The fourth-order valence-corrected chi connectivity index (χ4v) is 4.04. The molecule has 10 nitrogen and oxygen atoms in total. The highest BCUT2D eigenvalue weighted by Gasteiger charge is 2.43. The molecule has 1 atom stereocenters. The van der Waals surface area contributed by atoms with Crippen LogP contribution in [-0.2, 0) is 28.6 Å². The standard InChI is InChI=1S/C25H23ClN4O6/c1-34-13-19(31)29-17-10-9-15(26)11-18(17)30-22(25(33)36-3)21(24(32)35-2)20(16(12-27)23(30)28)14-7-5-4-6-8-14/h4-11,20H,13,28H2,1-3H3,(H,29,31). The number of ether oxygens (including phenoxy) is 3. The van der Waals surface area contributed by atoms with Gasteiger partial charge in [-0.05, 0) is 23.8 Å². The Morgan fingerprint density at radius 2 is 1.75 bits per heavy atom. The lowest BCUT2D eigenvalue weighted by molar-refractivity contribution is -0.139. The second-order valence-corrected chi connectivity index (χ2v) is 7.91. The molecular formula is C25H23ClN4O6. The first-order chi connectivity index (χ1) is 17.3. The van der Waals surface area contributed by atoms with Crippen LogP contribution in [-0.4, -0.2) is 45.8 Å². The van der Waals surface area contributed by atoms with Crippen LogP contribution < -0.4 is 16.0 Å². The van der Waals surface area contributed by atoms with Crippen LogP contribution in [0, 0.1) is 11.3 Å². The third-order valence-corrected chi connectivity index (χ3v) is 5.60. The Morgan fingerprint density at radius 1 is 1.08 bits per heavy atom. The number of allylic oxidation sites excluding steroid dienone is 1. The number of hydrogen-bond donors (Lipinski definition) is 2. The zero-order valence-electron chi connectivity index (χ0n) is 19.7. The van der Waals surface area contributed by atoms with E-state index in [0.29, 0.717) is 5.56 Å². The second-order valence-electron chi connectivity index (χ2n) is 7.48. The Balaban J connectivity index is 2.40. The van der Waals surface area contributed by atoms with Crippen LogP contribution in [0.5, 0.6) is 0 Å². The molecule has 186 valence electrons. The van der Waals surface area contributed by atoms with Gasteiger partial charge >= 0.3 is 11.9 Å². The van der Waals surface area contributed by atoms with Gasteiger partial charge in [-0.1, -0.05) is 41.9 Å². The van der Waals surface area contributed by atoms with Crippen LogP contribution >= 0.6 is 11.6 Å². The van der Waals surface area contributed by atoms with Crippen LogP contribution in [0.25, 0.3) is 0 Å². The van der Waals surface area contributed by atoms with E-state index < -0.39 is 23.8 Å². The number of halogens is 1. The number of amides is 1. The molecule has 0 aromatic heterocycles. The first-order valence-corrected chi connectivity index (χ1v) is 10.9. The maximum atomic E-state index is 13.2. The predicted octanol–water partition coefficient (Wildman–Crippen LogP) is 2.82. The average Bonchev–Trinajstić information content (AvgIpc) is 2.88. The second kappa shape index (κ2) is 11.4. The van der Waals surface area contributed by atoms with Crippen molar-refractivity contribution in [2.45, 2.75) is 5.92 Å². The summed E-state index contributed by atoms with van der Waals surface area (Å²) in [4.78, 5) is 39.8. The van der Waals surface area contributed by atoms with Crippen LogP contribution in [0.3, 0.4) is 0 Å². The van der Waals surface area contributed by atoms with E-state index in [2.05, 4.69) is 11.4 Å². The summed E-state index contributed by atoms with van der Waals surface area (Å²) in [5.41, 5.74) is 6.84. The molecule has 1 amide bonds. The predicted molar refractivity (Wildman–Crippen MR) is 132 cm³/mol. The minimum absolute atomic E-state index is 0.0246. The molecule has 3 N–H and O–H groups in total. The van der Waals surface area contributed by atoms with Crippen LogP contribution in [0.15, 0.2) is 71.2 Å². The van der Waals surface area contributed by atoms with Gasteiger partial charge in [0.1, 0.15) is 18.1 Å². The summed E-state index contributed by atoms with van der Waals surface area (Å²) in [5.74, 6) is -3.49. The smallest absolute Gasteiger partial charge is 0.355 e. The van der Waals surface area contributed by atoms with Crippen molar-refractivity contribution in [2.24, 2.45) is 5.73 Å². The van der Waals surface area contributed by atoms with Crippen molar-refractivity contribution in [2.75, 3.05) is 38.2 Å². The number of nitrogens with one attached hydrogen (secondary N) is 1. The maximum Gasteiger partial charge on any atom is 0.355 e. The molecule has 0 bridgehead atoms. The number of esters is 2. The Kier molecular flexibility index (Phi) is 8.32. The molecule has 36 heavy (non-hydrogen) atoms. The zero-order chi connectivity index (χ0) is 26.4. The molecule has 0 radical (unpaired) electrons. The van der Waals surface area contributed by atoms with E-state index in [1.165, 1.54) is 25.3 Å². The quantitative estimate of drug-likeness (QED) is 0.537. The summed E-state index contributed by atoms with van der Waals surface area (Å²) >= 11 is 6.25. The number of hydrogen-bond acceptors (Lipinski definition) is 9. The highest BCUT2D eigenvalue weighted by Crippen LogP contribution is 2.45. The number of anilines is 2. The summed E-state index contributed by atoms with van der Waals surface area (Å²) in [5, 5.41) is 13.0. The van der Waals surface area contributed by atoms with Gasteiger partial charge in [0.2, 0.25) is 5.91 Å². The van der Waals surface area contributed by atoms with Gasteiger partial charge < -0.3 is 25.3 Å². The summed E-state index contributed by atoms with van der Waals surface area (Å²) < 4.78 is 14.9. The van der Waals surface area contributed by atoms with E-state index in [-0.39, 0.29) is 45.7 Å². The molecule has 11 heteroatoms. The fraction of sp³-hybridized carbons (Fsp3) is 0.200. The molecule has 1 aliphatic rings. The van der Waals surface area contributed by atoms with Crippen LogP contribution in [0.4, 0.5) is 11.4 Å². The molecule has 1 unspecified atom stereocenters. The van der Waals surface area contributed by atoms with E-state index in [9.17, 15) is 19.6 Å². The van der Waals surface area contributed by atoms with Gasteiger partial charge in [-0.2, -0.15) is 5.26 Å². The van der Waals surface area contributed by atoms with Crippen LogP contribution in [0.2, 0.25) is 5.02 Å². The molecule has 2 aromatic carbocycles. The van der Waals surface area contributed by atoms with Gasteiger partial charge in [-0.3, -0.25) is 9.69 Å². The number of nitrogens with zero attached hydrogens (tertiary/aromatic N) is 2. The molecular weight excluding hydrogens is 488 g/mol. The zero-order valence-corrected chi connectivity index (χ0v) is 20.5. The number of benzene rings is 2. The highest BCUT2D eigenvalue weighted by atomic mass is 35.5. The fourth-order valence-electron chi connectivity index (χ4n) is 3.88. The molecule has 3 rings (SSSR count). The summed E-state index contributed by atoms with van der Waals surface area (Å²) in [6.07, 6.45) is 0. The Bertz CT molecular complexity index is 1300. The van der Waals surface area contributed by atoms with Gasteiger partial charge in [0, 0.05) is 12.1 Å². The van der Waals surface area contributed by atoms with Crippen molar-refractivity contribution in [1.82, 2.24) is 0 Å². The minimum atomic E-state index is -1.03. The first-order valence-electron chi connectivity index (χ1n) is 10.5. The monoisotopic (exact) mass is 510 g/mol. The number of rotatable bonds is 7. The molecule has 2 aromatic rings. The van der Waals surface area contributed by atoms with Gasteiger partial charge in [-0.25, -0.2) is 9.59 Å². The topological polar surface area (TPSA) is 144 Å². The van der Waals surface area contributed by atoms with Crippen molar-refractivity contribution >= 4 is 40.8 Å². The number of nitrogens with two attached hydrogens (primary N) is 1. The Hall–Kier alpha value is -4.33. The third-order valence-electron chi connectivity index (χ3n) is 5.36. The lowest BCUT2D eigenvalue weighted by atomic mass is 9.81. The molecule has 0 fully saturated rings. The van der Waals surface area contributed by atoms with Gasteiger partial charge in [-0.15, -0.1) is 0 Å². The van der Waals surface area contributed by atoms with E-state index in [0.717, 1.165) is 19.1 Å². The number of carbonyl (C=O) groups excluding carboxylic acids is 3. The lowest BCUT2D eigenvalue weighted by Gasteiger charge is -2.36. The number of methoxy groups -OCH3 is 3. The van der Waals surface area contributed by atoms with E-state index >= 15 is 0 Å². The SMILES string of the molecule is COCC(=O)Nc1ccc(Cl)cc1N1C(N)=C(C#N)C(c2ccccc2)C(C(=O)OC)=C1C(=O)OC. The maximum absolute atomic E-state index is 13.2. The molecule has 0 saturated carbocycles. The van der Waals surface area contributed by atoms with E-state index in [1.807, 2.05) is 0 Å². The van der Waals surface area contributed by atoms with Crippen LogP contribution in [0.1, 0.15) is 11.5 Å². The Labute approximate surface area is 212 Å². The first kappa shape index (κ1) is 26.3. The summed E-state index contributed by atoms with van der Waals surface area (Å²) in [6.45, 7) is -0.250. The molecule has 1 heterocycles. The van der Waals surface area contributed by atoms with Crippen molar-refractivity contribution in [1.29, 1.82) is 5.26 Å². The van der Waals surface area contributed by atoms with E-state index in [1.54, 1.807) is 30.3 Å². The van der Waals surface area contributed by atoms with Gasteiger partial charge in [0.05, 0.1) is 48.7 Å². The lowest BCUT2D eigenvalue weighted by Crippen LogP contribution is -2.41. The van der Waals surface area contributed by atoms with Gasteiger partial charge in [0.15, 0.2) is 0 Å². The summed E-state index contributed by atoms with van der Waals surface area (Å²) in [6, 6.07) is 15.1. The molecule has 1 aliphatic heterocycles. The van der Waals surface area contributed by atoms with Crippen molar-refractivity contribution in [3.63, 3.8) is 0 Å². The molecule has 0 spiro atoms. The third kappa shape index (κ3) is 5.02. The van der Waals surface area contributed by atoms with Crippen molar-refractivity contribution in [3.8, 4) is 6.07 Å². The van der Waals surface area contributed by atoms with E-state index in [4.69, 9.17) is 31.5 Å². The number of nitriles is 1. The Morgan fingerprint density at radius 3 is 2.33 bits per heavy atom.